The van der Waals surface area contributed by atoms with Crippen LogP contribution in [-0.2, 0) is 4.79 Å². The van der Waals surface area contributed by atoms with Gasteiger partial charge in [-0.15, -0.1) is 0 Å². The fourth-order valence-corrected chi connectivity index (χ4v) is 1.47. The van der Waals surface area contributed by atoms with Crippen LogP contribution in [0.25, 0.3) is 0 Å². The number of halogens is 2. The summed E-state index contributed by atoms with van der Waals surface area (Å²) < 4.78 is -1.09. The van der Waals surface area contributed by atoms with E-state index in [9.17, 15) is 4.79 Å². The van der Waals surface area contributed by atoms with Gasteiger partial charge in [0.2, 0.25) is 5.91 Å². The van der Waals surface area contributed by atoms with Crippen molar-refractivity contribution >= 4 is 35.3 Å². The van der Waals surface area contributed by atoms with Crippen LogP contribution in [0.5, 0.6) is 0 Å². The predicted molar refractivity (Wildman–Crippen MR) is 47.4 cm³/mol. The molecule has 66 valence electrons. The number of hydrogen-bond donors (Lipinski definition) is 0. The van der Waals surface area contributed by atoms with Crippen LogP contribution in [-0.4, -0.2) is 27.5 Å². The molecule has 12 heavy (non-hydrogen) atoms. The molecule has 1 amide bonds. The summed E-state index contributed by atoms with van der Waals surface area (Å²) in [6.45, 7) is 0. The second kappa shape index (κ2) is 2.60. The summed E-state index contributed by atoms with van der Waals surface area (Å²) in [6.07, 6.45) is 3.65. The van der Waals surface area contributed by atoms with Crippen molar-refractivity contribution < 1.29 is 4.79 Å². The van der Waals surface area contributed by atoms with Crippen LogP contribution in [0, 0.1) is 0 Å². The minimum atomic E-state index is -1.09. The van der Waals surface area contributed by atoms with Crippen LogP contribution in [0.2, 0.25) is 0 Å². The first-order valence-electron chi connectivity index (χ1n) is 3.83. The normalized spacial score (nSPS) is 27.8. The van der Waals surface area contributed by atoms with Gasteiger partial charge >= 0.3 is 0 Å². The highest BCUT2D eigenvalue weighted by Crippen LogP contribution is 2.33. The van der Waals surface area contributed by atoms with Gasteiger partial charge in [0.25, 0.3) is 0 Å². The van der Waals surface area contributed by atoms with Crippen molar-refractivity contribution in [2.75, 3.05) is 0 Å². The third-order valence-corrected chi connectivity index (χ3v) is 2.37. The van der Waals surface area contributed by atoms with Crippen molar-refractivity contribution in [3.05, 3.63) is 0 Å². The molecule has 1 saturated carbocycles. The molecule has 0 aromatic heterocycles. The summed E-state index contributed by atoms with van der Waals surface area (Å²) in [6, 6.07) is 0.304. The zero-order valence-corrected chi connectivity index (χ0v) is 7.85. The van der Waals surface area contributed by atoms with Gasteiger partial charge in [-0.3, -0.25) is 4.79 Å². The lowest BCUT2D eigenvalue weighted by Gasteiger charge is -2.25. The number of alkyl halides is 2. The molecule has 0 unspecified atom stereocenters. The molecule has 1 aliphatic carbocycles. The summed E-state index contributed by atoms with van der Waals surface area (Å²) in [5, 5.41) is 5.41. The van der Waals surface area contributed by atoms with E-state index < -0.39 is 4.33 Å². The van der Waals surface area contributed by atoms with E-state index in [1.54, 1.807) is 0 Å². The maximum absolute atomic E-state index is 11.3. The second-order valence-electron chi connectivity index (χ2n) is 3.15. The molecule has 5 heteroatoms. The van der Waals surface area contributed by atoms with E-state index in [4.69, 9.17) is 23.2 Å². The van der Waals surface area contributed by atoms with E-state index in [2.05, 4.69) is 5.10 Å². The Morgan fingerprint density at radius 3 is 2.75 bits per heavy atom. The molecule has 2 aliphatic rings. The van der Waals surface area contributed by atoms with Gasteiger partial charge in [0.05, 0.1) is 18.7 Å². The van der Waals surface area contributed by atoms with Gasteiger partial charge in [-0.05, 0) is 12.8 Å². The summed E-state index contributed by atoms with van der Waals surface area (Å²) in [4.78, 5) is 11.3. The zero-order chi connectivity index (χ0) is 8.77. The highest BCUT2D eigenvalue weighted by atomic mass is 35.5. The first-order valence-corrected chi connectivity index (χ1v) is 4.59. The molecule has 0 radical (unpaired) electrons. The molecule has 0 atom stereocenters. The highest BCUT2D eigenvalue weighted by Gasteiger charge is 2.39. The van der Waals surface area contributed by atoms with Crippen LogP contribution in [0.15, 0.2) is 5.10 Å². The summed E-state index contributed by atoms with van der Waals surface area (Å²) in [5.74, 6) is -0.0787. The fourth-order valence-electron chi connectivity index (χ4n) is 1.16. The van der Waals surface area contributed by atoms with E-state index in [0.717, 1.165) is 12.8 Å². The van der Waals surface area contributed by atoms with Gasteiger partial charge in [-0.1, -0.05) is 23.2 Å². The molecule has 0 spiro atoms. The quantitative estimate of drug-likeness (QED) is 0.600. The molecule has 0 aromatic carbocycles. The largest absolute Gasteiger partial charge is 0.273 e. The Kier molecular flexibility index (Phi) is 1.81. The van der Waals surface area contributed by atoms with Crippen LogP contribution in [0.3, 0.4) is 0 Å². The van der Waals surface area contributed by atoms with Crippen molar-refractivity contribution in [1.82, 2.24) is 5.01 Å². The molecule has 0 bridgehead atoms. The molecule has 2 rings (SSSR count). The predicted octanol–water partition coefficient (Wildman–Crippen LogP) is 1.54. The average Bonchev–Trinajstić information content (AvgIpc) is 2.67. The van der Waals surface area contributed by atoms with Crippen LogP contribution in [0.1, 0.15) is 19.3 Å². The van der Waals surface area contributed by atoms with Crippen LogP contribution >= 0.6 is 23.2 Å². The Balaban J connectivity index is 2.14. The summed E-state index contributed by atoms with van der Waals surface area (Å²) in [5.41, 5.74) is 0. The monoisotopic (exact) mass is 206 g/mol. The Labute approximate surface area is 80.3 Å². The molecule has 1 fully saturated rings. The van der Waals surface area contributed by atoms with E-state index in [1.807, 2.05) is 0 Å². The molecule has 0 aromatic rings. The van der Waals surface area contributed by atoms with Crippen LogP contribution < -0.4 is 0 Å². The van der Waals surface area contributed by atoms with Crippen molar-refractivity contribution in [2.24, 2.45) is 5.10 Å². The van der Waals surface area contributed by atoms with Gasteiger partial charge in [0.15, 0.2) is 4.33 Å². The number of carbonyl (C=O) groups excluding carboxylic acids is 1. The molecule has 0 saturated heterocycles. The van der Waals surface area contributed by atoms with Gasteiger partial charge in [0, 0.05) is 0 Å². The van der Waals surface area contributed by atoms with E-state index in [0.29, 0.717) is 6.04 Å². The molecule has 1 aliphatic heterocycles. The summed E-state index contributed by atoms with van der Waals surface area (Å²) >= 11 is 11.5. The Bertz CT molecular complexity index is 248. The van der Waals surface area contributed by atoms with Gasteiger partial charge in [0.1, 0.15) is 0 Å². The lowest BCUT2D eigenvalue weighted by Crippen LogP contribution is -2.38. The third-order valence-electron chi connectivity index (χ3n) is 1.91. The maximum atomic E-state index is 11.3. The SMILES string of the molecule is O=C1CC(Cl)(Cl)C=NN1C1CC1. The number of nitrogens with zero attached hydrogens (tertiary/aromatic N) is 2. The molecule has 3 nitrogen and oxygen atoms in total. The highest BCUT2D eigenvalue weighted by molar-refractivity contribution is 6.57. The molecule has 1 heterocycles. The van der Waals surface area contributed by atoms with Crippen molar-refractivity contribution in [2.45, 2.75) is 29.6 Å². The van der Waals surface area contributed by atoms with Crippen molar-refractivity contribution in [1.29, 1.82) is 0 Å². The van der Waals surface area contributed by atoms with E-state index in [1.165, 1.54) is 11.2 Å². The van der Waals surface area contributed by atoms with Crippen molar-refractivity contribution in [3.63, 3.8) is 0 Å². The standard InChI is InChI=1S/C7H8Cl2N2O/c8-7(9)3-6(12)11(10-4-7)5-1-2-5/h4-5H,1-3H2. The minimum Gasteiger partial charge on any atom is -0.273 e. The second-order valence-corrected chi connectivity index (χ2v) is 4.69. The van der Waals surface area contributed by atoms with Gasteiger partial charge in [-0.25, -0.2) is 5.01 Å². The average molecular weight is 207 g/mol. The maximum Gasteiger partial charge on any atom is 0.246 e. The fraction of sp³-hybridized carbons (Fsp3) is 0.714. The van der Waals surface area contributed by atoms with Crippen LogP contribution in [0.4, 0.5) is 0 Å². The van der Waals surface area contributed by atoms with E-state index in [-0.39, 0.29) is 12.3 Å². The zero-order valence-electron chi connectivity index (χ0n) is 6.33. The van der Waals surface area contributed by atoms with Gasteiger partial charge in [-0.2, -0.15) is 5.10 Å². The van der Waals surface area contributed by atoms with E-state index >= 15 is 0 Å². The molecular weight excluding hydrogens is 199 g/mol. The lowest BCUT2D eigenvalue weighted by molar-refractivity contribution is -0.132. The third kappa shape index (κ3) is 1.57. The number of rotatable bonds is 1. The molecular formula is C7H8Cl2N2O. The first-order chi connectivity index (χ1) is 5.58. The molecule has 0 N–H and O–H groups in total. The Hall–Kier alpha value is -0.280. The van der Waals surface area contributed by atoms with Crippen molar-refractivity contribution in [3.8, 4) is 0 Å². The topological polar surface area (TPSA) is 32.7 Å². The first kappa shape index (κ1) is 8.32. The van der Waals surface area contributed by atoms with Gasteiger partial charge < -0.3 is 0 Å². The Morgan fingerprint density at radius 1 is 1.58 bits per heavy atom. The minimum absolute atomic E-state index is 0.0787. The number of carbonyl (C=O) groups is 1. The number of amides is 1. The Morgan fingerprint density at radius 2 is 2.25 bits per heavy atom. The number of hydrazone groups is 1. The smallest absolute Gasteiger partial charge is 0.246 e. The number of hydrogen-bond acceptors (Lipinski definition) is 2. The lowest BCUT2D eigenvalue weighted by atomic mass is 10.2. The summed E-state index contributed by atoms with van der Waals surface area (Å²) in [7, 11) is 0.